The molecule has 0 saturated carbocycles. The lowest BCUT2D eigenvalue weighted by molar-refractivity contribution is -0.143. The second-order valence-corrected chi connectivity index (χ2v) is 6.02. The molecule has 2 amide bonds. The van der Waals surface area contributed by atoms with E-state index in [1.165, 1.54) is 0 Å². The predicted octanol–water partition coefficient (Wildman–Crippen LogP) is 0.736. The van der Waals surface area contributed by atoms with Gasteiger partial charge in [-0.15, -0.1) is 0 Å². The molecule has 0 radical (unpaired) electrons. The number of amides is 2. The maximum Gasteiger partial charge on any atom is 0.313 e. The Bertz CT molecular complexity index is 500. The van der Waals surface area contributed by atoms with Crippen LogP contribution in [0.1, 0.15) is 26.3 Å². The molecule has 0 bridgehead atoms. The van der Waals surface area contributed by atoms with E-state index in [0.29, 0.717) is 5.69 Å². The summed E-state index contributed by atoms with van der Waals surface area (Å²) in [5.74, 6) is -1.56. The first kappa shape index (κ1) is 18.1. The molecule has 0 heterocycles. The van der Waals surface area contributed by atoms with Crippen molar-refractivity contribution >= 4 is 17.5 Å². The number of carbonyl (C=O) groups is 2. The van der Waals surface area contributed by atoms with Crippen LogP contribution in [-0.2, 0) is 15.0 Å². The van der Waals surface area contributed by atoms with Crippen LogP contribution in [0.5, 0.6) is 0 Å². The molecular formula is C16H24N2O4. The summed E-state index contributed by atoms with van der Waals surface area (Å²) in [6.45, 7) is 5.76. The fourth-order valence-electron chi connectivity index (χ4n) is 1.94. The molecule has 0 aliphatic carbocycles. The van der Waals surface area contributed by atoms with Gasteiger partial charge in [-0.05, 0) is 23.1 Å². The summed E-state index contributed by atoms with van der Waals surface area (Å²) in [5.41, 5.74) is 1.66. The Kier molecular flexibility index (Phi) is 6.52. The molecule has 0 aliphatic heterocycles. The summed E-state index contributed by atoms with van der Waals surface area (Å²) in [5, 5.41) is 20.3. The highest BCUT2D eigenvalue weighted by Crippen LogP contribution is 2.23. The second-order valence-electron chi connectivity index (χ2n) is 6.02. The normalized spacial score (nSPS) is 11.1. The van der Waals surface area contributed by atoms with Gasteiger partial charge >= 0.3 is 11.8 Å². The molecule has 3 N–H and O–H groups in total. The zero-order valence-corrected chi connectivity index (χ0v) is 13.3. The Morgan fingerprint density at radius 1 is 1.05 bits per heavy atom. The third-order valence-corrected chi connectivity index (χ3v) is 3.23. The van der Waals surface area contributed by atoms with E-state index in [1.807, 2.05) is 12.1 Å². The SMILES string of the molecule is CC(C)(C)c1ccc(NC(=O)C(=O)N(CCO)CCO)cc1. The lowest BCUT2D eigenvalue weighted by atomic mass is 9.87. The number of aliphatic hydroxyl groups is 2. The number of aliphatic hydroxyl groups excluding tert-OH is 2. The molecular weight excluding hydrogens is 284 g/mol. The summed E-state index contributed by atoms with van der Waals surface area (Å²) in [7, 11) is 0. The molecule has 1 rings (SSSR count). The number of nitrogens with zero attached hydrogens (tertiary/aromatic N) is 1. The summed E-state index contributed by atoms with van der Waals surface area (Å²) in [6.07, 6.45) is 0. The number of rotatable bonds is 5. The molecule has 22 heavy (non-hydrogen) atoms. The fourth-order valence-corrected chi connectivity index (χ4v) is 1.94. The Morgan fingerprint density at radius 2 is 1.55 bits per heavy atom. The highest BCUT2D eigenvalue weighted by molar-refractivity contribution is 6.39. The largest absolute Gasteiger partial charge is 0.395 e. The van der Waals surface area contributed by atoms with Gasteiger partial charge in [0, 0.05) is 18.8 Å². The molecule has 6 heteroatoms. The van der Waals surface area contributed by atoms with Crippen LogP contribution in [0.3, 0.4) is 0 Å². The first-order valence-corrected chi connectivity index (χ1v) is 7.22. The monoisotopic (exact) mass is 308 g/mol. The highest BCUT2D eigenvalue weighted by Gasteiger charge is 2.21. The minimum Gasteiger partial charge on any atom is -0.395 e. The zero-order chi connectivity index (χ0) is 16.8. The molecule has 1 aromatic rings. The topological polar surface area (TPSA) is 89.9 Å². The molecule has 0 atom stereocenters. The summed E-state index contributed by atoms with van der Waals surface area (Å²) < 4.78 is 0. The summed E-state index contributed by atoms with van der Waals surface area (Å²) in [6, 6.07) is 7.29. The van der Waals surface area contributed by atoms with Crippen molar-refractivity contribution in [3.63, 3.8) is 0 Å². The molecule has 0 aromatic heterocycles. The lowest BCUT2D eigenvalue weighted by Gasteiger charge is -2.21. The average molecular weight is 308 g/mol. The Morgan fingerprint density at radius 3 is 1.95 bits per heavy atom. The van der Waals surface area contributed by atoms with Gasteiger partial charge in [0.25, 0.3) is 0 Å². The minimum absolute atomic E-state index is 0.00970. The van der Waals surface area contributed by atoms with Gasteiger partial charge in [-0.1, -0.05) is 32.9 Å². The van der Waals surface area contributed by atoms with Gasteiger partial charge in [0.05, 0.1) is 13.2 Å². The lowest BCUT2D eigenvalue weighted by Crippen LogP contribution is -2.42. The van der Waals surface area contributed by atoms with Gasteiger partial charge < -0.3 is 20.4 Å². The molecule has 0 unspecified atom stereocenters. The van der Waals surface area contributed by atoms with Crippen molar-refractivity contribution < 1.29 is 19.8 Å². The van der Waals surface area contributed by atoms with E-state index in [4.69, 9.17) is 10.2 Å². The third-order valence-electron chi connectivity index (χ3n) is 3.23. The average Bonchev–Trinajstić information content (AvgIpc) is 2.46. The van der Waals surface area contributed by atoms with Crippen molar-refractivity contribution in [1.29, 1.82) is 0 Å². The molecule has 0 spiro atoms. The van der Waals surface area contributed by atoms with Crippen LogP contribution in [0.25, 0.3) is 0 Å². The van der Waals surface area contributed by atoms with Crippen LogP contribution in [0.2, 0.25) is 0 Å². The number of nitrogens with one attached hydrogen (secondary N) is 1. The van der Waals surface area contributed by atoms with Crippen molar-refractivity contribution in [2.45, 2.75) is 26.2 Å². The van der Waals surface area contributed by atoms with Gasteiger partial charge in [0.2, 0.25) is 0 Å². The first-order valence-electron chi connectivity index (χ1n) is 7.22. The fraction of sp³-hybridized carbons (Fsp3) is 0.500. The van der Waals surface area contributed by atoms with Crippen molar-refractivity contribution in [3.05, 3.63) is 29.8 Å². The van der Waals surface area contributed by atoms with E-state index in [2.05, 4.69) is 26.1 Å². The van der Waals surface area contributed by atoms with Crippen molar-refractivity contribution in [1.82, 2.24) is 4.90 Å². The second kappa shape index (κ2) is 7.91. The Labute approximate surface area is 130 Å². The van der Waals surface area contributed by atoms with Crippen LogP contribution >= 0.6 is 0 Å². The molecule has 0 saturated heterocycles. The quantitative estimate of drug-likeness (QED) is 0.700. The summed E-state index contributed by atoms with van der Waals surface area (Å²) in [4.78, 5) is 25.0. The van der Waals surface area contributed by atoms with E-state index in [1.54, 1.807) is 12.1 Å². The van der Waals surface area contributed by atoms with E-state index >= 15 is 0 Å². The molecule has 6 nitrogen and oxygen atoms in total. The Balaban J connectivity index is 2.73. The Hall–Kier alpha value is -1.92. The van der Waals surface area contributed by atoms with Crippen LogP contribution in [0, 0.1) is 0 Å². The maximum absolute atomic E-state index is 11.9. The van der Waals surface area contributed by atoms with E-state index < -0.39 is 11.8 Å². The third kappa shape index (κ3) is 5.13. The van der Waals surface area contributed by atoms with Gasteiger partial charge in [0.1, 0.15) is 0 Å². The number of hydrogen-bond donors (Lipinski definition) is 3. The van der Waals surface area contributed by atoms with Crippen molar-refractivity contribution in [2.75, 3.05) is 31.6 Å². The van der Waals surface area contributed by atoms with Crippen LogP contribution in [0.4, 0.5) is 5.69 Å². The van der Waals surface area contributed by atoms with E-state index in [0.717, 1.165) is 10.5 Å². The van der Waals surface area contributed by atoms with E-state index in [-0.39, 0.29) is 31.7 Å². The molecule has 1 aromatic carbocycles. The van der Waals surface area contributed by atoms with Gasteiger partial charge in [-0.3, -0.25) is 9.59 Å². The standard InChI is InChI=1S/C16H24N2O4/c1-16(2,3)12-4-6-13(7-5-12)17-14(21)15(22)18(8-10-19)9-11-20/h4-7,19-20H,8-11H2,1-3H3,(H,17,21). The zero-order valence-electron chi connectivity index (χ0n) is 13.3. The molecule has 0 fully saturated rings. The van der Waals surface area contributed by atoms with Crippen LogP contribution < -0.4 is 5.32 Å². The number of carbonyl (C=O) groups excluding carboxylic acids is 2. The van der Waals surface area contributed by atoms with Gasteiger partial charge in [-0.2, -0.15) is 0 Å². The van der Waals surface area contributed by atoms with Gasteiger partial charge in [-0.25, -0.2) is 0 Å². The van der Waals surface area contributed by atoms with E-state index in [9.17, 15) is 9.59 Å². The highest BCUT2D eigenvalue weighted by atomic mass is 16.3. The predicted molar refractivity (Wildman–Crippen MR) is 84.5 cm³/mol. The number of benzene rings is 1. The van der Waals surface area contributed by atoms with Crippen molar-refractivity contribution in [3.8, 4) is 0 Å². The van der Waals surface area contributed by atoms with Crippen LogP contribution in [0.15, 0.2) is 24.3 Å². The van der Waals surface area contributed by atoms with Crippen molar-refractivity contribution in [2.24, 2.45) is 0 Å². The minimum atomic E-state index is -0.787. The number of anilines is 1. The smallest absolute Gasteiger partial charge is 0.313 e. The van der Waals surface area contributed by atoms with Crippen LogP contribution in [-0.4, -0.2) is 53.2 Å². The molecule has 122 valence electrons. The number of hydrogen-bond acceptors (Lipinski definition) is 4. The summed E-state index contributed by atoms with van der Waals surface area (Å²) >= 11 is 0. The van der Waals surface area contributed by atoms with Gasteiger partial charge in [0.15, 0.2) is 0 Å². The first-order chi connectivity index (χ1) is 10.3. The molecule has 0 aliphatic rings. The maximum atomic E-state index is 11.9.